The highest BCUT2D eigenvalue weighted by Gasteiger charge is 2.04. The third kappa shape index (κ3) is 2.87. The summed E-state index contributed by atoms with van der Waals surface area (Å²) in [4.78, 5) is 11.1. The molecule has 0 heterocycles. The fourth-order valence-corrected chi connectivity index (χ4v) is 1.30. The van der Waals surface area contributed by atoms with Crippen molar-refractivity contribution in [3.8, 4) is 0 Å². The van der Waals surface area contributed by atoms with Crippen molar-refractivity contribution in [3.05, 3.63) is 42.3 Å². The Kier molecular flexibility index (Phi) is 3.69. The molecule has 0 bridgehead atoms. The smallest absolute Gasteiger partial charge is 0.337 e. The van der Waals surface area contributed by atoms with Crippen molar-refractivity contribution in [2.24, 2.45) is 5.92 Å². The first-order valence-electron chi connectivity index (χ1n) is 4.64. The molecule has 14 heavy (non-hydrogen) atoms. The van der Waals surface area contributed by atoms with E-state index in [1.165, 1.54) is 12.7 Å². The molecule has 1 atom stereocenters. The van der Waals surface area contributed by atoms with Crippen LogP contribution in [0.1, 0.15) is 22.8 Å². The van der Waals surface area contributed by atoms with Gasteiger partial charge in [-0.15, -0.1) is 0 Å². The number of benzene rings is 1. The van der Waals surface area contributed by atoms with Crippen molar-refractivity contribution in [3.63, 3.8) is 0 Å². The molecule has 75 valence electrons. The maximum Gasteiger partial charge on any atom is 0.337 e. The second-order valence-corrected chi connectivity index (χ2v) is 3.50. The molecular weight excluding hydrogens is 176 g/mol. The molecular formula is C12H15O2. The van der Waals surface area contributed by atoms with E-state index in [4.69, 9.17) is 0 Å². The van der Waals surface area contributed by atoms with Crippen molar-refractivity contribution in [1.82, 2.24) is 0 Å². The van der Waals surface area contributed by atoms with Crippen LogP contribution in [-0.4, -0.2) is 13.1 Å². The van der Waals surface area contributed by atoms with Gasteiger partial charge in [-0.3, -0.25) is 0 Å². The summed E-state index contributed by atoms with van der Waals surface area (Å²) in [6, 6.07) is 7.44. The molecule has 2 heteroatoms. The number of carbonyl (C=O) groups excluding carboxylic acids is 1. The summed E-state index contributed by atoms with van der Waals surface area (Å²) >= 11 is 0. The van der Waals surface area contributed by atoms with Gasteiger partial charge in [0.2, 0.25) is 0 Å². The van der Waals surface area contributed by atoms with Crippen molar-refractivity contribution < 1.29 is 9.53 Å². The standard InChI is InChI=1S/C12H15O2/c1-9(2)8-10-4-6-11(7-5-10)12(13)14-3/h4-7,9H,1,8H2,2-3H3. The fraction of sp³-hybridized carbons (Fsp3) is 0.333. The number of esters is 1. The predicted molar refractivity (Wildman–Crippen MR) is 56.0 cm³/mol. The lowest BCUT2D eigenvalue weighted by Crippen LogP contribution is -2.01. The summed E-state index contributed by atoms with van der Waals surface area (Å²) < 4.78 is 4.61. The summed E-state index contributed by atoms with van der Waals surface area (Å²) in [5.41, 5.74) is 1.79. The number of rotatable bonds is 3. The van der Waals surface area contributed by atoms with Crippen LogP contribution in [0.4, 0.5) is 0 Å². The molecule has 0 saturated carbocycles. The van der Waals surface area contributed by atoms with Crippen LogP contribution in [0.5, 0.6) is 0 Å². The average Bonchev–Trinajstić information content (AvgIpc) is 2.17. The summed E-state index contributed by atoms with van der Waals surface area (Å²) in [5, 5.41) is 0. The average molecular weight is 191 g/mol. The minimum atomic E-state index is -0.292. The van der Waals surface area contributed by atoms with E-state index in [9.17, 15) is 4.79 Å². The van der Waals surface area contributed by atoms with Crippen LogP contribution in [0, 0.1) is 12.8 Å². The number of hydrogen-bond acceptors (Lipinski definition) is 2. The van der Waals surface area contributed by atoms with Gasteiger partial charge in [-0.1, -0.05) is 26.0 Å². The quantitative estimate of drug-likeness (QED) is 0.686. The number of carbonyl (C=O) groups is 1. The highest BCUT2D eigenvalue weighted by Crippen LogP contribution is 2.10. The lowest BCUT2D eigenvalue weighted by Gasteiger charge is -2.05. The highest BCUT2D eigenvalue weighted by atomic mass is 16.5. The van der Waals surface area contributed by atoms with Crippen molar-refractivity contribution in [1.29, 1.82) is 0 Å². The molecule has 1 aromatic carbocycles. The molecule has 1 rings (SSSR count). The van der Waals surface area contributed by atoms with Gasteiger partial charge in [0.15, 0.2) is 0 Å². The SMILES string of the molecule is [CH2]C(C)Cc1ccc(C(=O)OC)cc1. The molecule has 1 radical (unpaired) electrons. The van der Waals surface area contributed by atoms with Crippen molar-refractivity contribution in [2.45, 2.75) is 13.3 Å². The fourth-order valence-electron chi connectivity index (χ4n) is 1.30. The third-order valence-corrected chi connectivity index (χ3v) is 1.96. The Morgan fingerprint density at radius 3 is 2.43 bits per heavy atom. The zero-order valence-corrected chi connectivity index (χ0v) is 8.62. The maximum atomic E-state index is 11.1. The van der Waals surface area contributed by atoms with E-state index < -0.39 is 0 Å². The van der Waals surface area contributed by atoms with E-state index >= 15 is 0 Å². The molecule has 0 N–H and O–H groups in total. The summed E-state index contributed by atoms with van der Waals surface area (Å²) in [6.45, 7) is 5.98. The van der Waals surface area contributed by atoms with Crippen LogP contribution in [-0.2, 0) is 11.2 Å². The highest BCUT2D eigenvalue weighted by molar-refractivity contribution is 5.89. The Balaban J connectivity index is 2.73. The Hall–Kier alpha value is -1.31. The maximum absolute atomic E-state index is 11.1. The largest absolute Gasteiger partial charge is 0.465 e. The third-order valence-electron chi connectivity index (χ3n) is 1.96. The molecule has 2 nitrogen and oxygen atoms in total. The van der Waals surface area contributed by atoms with Gasteiger partial charge in [-0.25, -0.2) is 4.79 Å². The summed E-state index contributed by atoms with van der Waals surface area (Å²) in [7, 11) is 1.38. The van der Waals surface area contributed by atoms with Gasteiger partial charge in [-0.2, -0.15) is 0 Å². The molecule has 0 saturated heterocycles. The Morgan fingerprint density at radius 2 is 2.00 bits per heavy atom. The van der Waals surface area contributed by atoms with Crippen LogP contribution in [0.25, 0.3) is 0 Å². The van der Waals surface area contributed by atoms with Gasteiger partial charge in [0, 0.05) is 0 Å². The van der Waals surface area contributed by atoms with E-state index in [-0.39, 0.29) is 5.97 Å². The summed E-state index contributed by atoms with van der Waals surface area (Å²) in [5.74, 6) is 0.0956. The topological polar surface area (TPSA) is 26.3 Å². The Bertz CT molecular complexity index is 299. The molecule has 0 aliphatic rings. The van der Waals surface area contributed by atoms with E-state index in [1.54, 1.807) is 12.1 Å². The zero-order chi connectivity index (χ0) is 10.6. The number of hydrogen-bond donors (Lipinski definition) is 0. The van der Waals surface area contributed by atoms with E-state index in [0.717, 1.165) is 6.42 Å². The first kappa shape index (κ1) is 10.8. The predicted octanol–water partition coefficient (Wildman–Crippen LogP) is 2.49. The van der Waals surface area contributed by atoms with Gasteiger partial charge in [0.25, 0.3) is 0 Å². The molecule has 1 unspecified atom stereocenters. The first-order chi connectivity index (χ1) is 6.63. The van der Waals surface area contributed by atoms with E-state index in [1.807, 2.05) is 12.1 Å². The van der Waals surface area contributed by atoms with Crippen LogP contribution in [0.15, 0.2) is 24.3 Å². The van der Waals surface area contributed by atoms with E-state index in [0.29, 0.717) is 11.5 Å². The van der Waals surface area contributed by atoms with Crippen LogP contribution in [0.3, 0.4) is 0 Å². The van der Waals surface area contributed by atoms with Crippen molar-refractivity contribution >= 4 is 5.97 Å². The second-order valence-electron chi connectivity index (χ2n) is 3.50. The first-order valence-corrected chi connectivity index (χ1v) is 4.64. The monoisotopic (exact) mass is 191 g/mol. The van der Waals surface area contributed by atoms with Crippen molar-refractivity contribution in [2.75, 3.05) is 7.11 Å². The van der Waals surface area contributed by atoms with Gasteiger partial charge in [0.1, 0.15) is 0 Å². The molecule has 0 aromatic heterocycles. The van der Waals surface area contributed by atoms with E-state index in [2.05, 4.69) is 18.6 Å². The summed E-state index contributed by atoms with van der Waals surface area (Å²) in [6.07, 6.45) is 0.932. The Morgan fingerprint density at radius 1 is 1.43 bits per heavy atom. The minimum absolute atomic E-state index is 0.292. The van der Waals surface area contributed by atoms with Gasteiger partial charge in [0.05, 0.1) is 12.7 Å². The minimum Gasteiger partial charge on any atom is -0.465 e. The van der Waals surface area contributed by atoms with Crippen LogP contribution >= 0.6 is 0 Å². The molecule has 0 amide bonds. The molecule has 1 aromatic rings. The van der Waals surface area contributed by atoms with Gasteiger partial charge in [-0.05, 0) is 30.0 Å². The number of ether oxygens (including phenoxy) is 1. The Labute approximate surface area is 84.9 Å². The molecule has 0 fully saturated rings. The zero-order valence-electron chi connectivity index (χ0n) is 8.62. The van der Waals surface area contributed by atoms with Gasteiger partial charge < -0.3 is 4.74 Å². The second kappa shape index (κ2) is 4.80. The van der Waals surface area contributed by atoms with Crippen LogP contribution < -0.4 is 0 Å². The number of methoxy groups -OCH3 is 1. The van der Waals surface area contributed by atoms with Gasteiger partial charge >= 0.3 is 5.97 Å². The molecule has 0 aliphatic heterocycles. The normalized spacial score (nSPS) is 10.3. The molecule has 0 spiro atoms. The van der Waals surface area contributed by atoms with Crippen LogP contribution in [0.2, 0.25) is 0 Å². The molecule has 0 aliphatic carbocycles. The lowest BCUT2D eigenvalue weighted by atomic mass is 10.0. The lowest BCUT2D eigenvalue weighted by molar-refractivity contribution is 0.0600.